The third kappa shape index (κ3) is 3.50. The Balaban J connectivity index is 1.91. The van der Waals surface area contributed by atoms with Gasteiger partial charge >= 0.3 is 0 Å². The highest BCUT2D eigenvalue weighted by Gasteiger charge is 2.35. The van der Waals surface area contributed by atoms with Gasteiger partial charge in [0.25, 0.3) is 0 Å². The maximum Gasteiger partial charge on any atom is 0.248 e. The molecular formula is C23H25N5O3. The Morgan fingerprint density at radius 1 is 1.06 bits per heavy atom. The highest BCUT2D eigenvalue weighted by molar-refractivity contribution is 5.95. The van der Waals surface area contributed by atoms with E-state index in [0.29, 0.717) is 34.5 Å². The molecular weight excluding hydrogens is 394 g/mol. The molecule has 3 N–H and O–H groups in total. The monoisotopic (exact) mass is 419 g/mol. The lowest BCUT2D eigenvalue weighted by atomic mass is 9.94. The molecule has 0 radical (unpaired) electrons. The van der Waals surface area contributed by atoms with Crippen molar-refractivity contribution in [3.63, 3.8) is 0 Å². The molecule has 0 bridgehead atoms. The number of anilines is 1. The first-order chi connectivity index (χ1) is 14.8. The summed E-state index contributed by atoms with van der Waals surface area (Å²) in [7, 11) is 3.16. The van der Waals surface area contributed by atoms with E-state index < -0.39 is 11.9 Å². The smallest absolute Gasteiger partial charge is 0.248 e. The van der Waals surface area contributed by atoms with Gasteiger partial charge in [0, 0.05) is 22.9 Å². The van der Waals surface area contributed by atoms with Crippen LogP contribution in [-0.4, -0.2) is 34.9 Å². The second-order valence-electron chi connectivity index (χ2n) is 7.54. The fourth-order valence-corrected chi connectivity index (χ4v) is 3.80. The Labute approximate surface area is 180 Å². The van der Waals surface area contributed by atoms with Crippen LogP contribution in [0, 0.1) is 13.8 Å². The maximum atomic E-state index is 12.4. The van der Waals surface area contributed by atoms with Crippen LogP contribution in [0.1, 0.15) is 29.7 Å². The summed E-state index contributed by atoms with van der Waals surface area (Å²) >= 11 is 0. The molecule has 0 aliphatic carbocycles. The number of hydrogen-bond acceptors (Lipinski definition) is 6. The van der Waals surface area contributed by atoms with Gasteiger partial charge in [-0.2, -0.15) is 4.98 Å². The summed E-state index contributed by atoms with van der Waals surface area (Å²) in [4.78, 5) is 17.1. The van der Waals surface area contributed by atoms with Gasteiger partial charge in [-0.25, -0.2) is 4.68 Å². The van der Waals surface area contributed by atoms with Crippen molar-refractivity contribution in [2.45, 2.75) is 26.8 Å². The first-order valence-corrected chi connectivity index (χ1v) is 9.87. The molecule has 1 amide bonds. The van der Waals surface area contributed by atoms with Gasteiger partial charge in [-0.1, -0.05) is 12.1 Å². The number of nitrogens with two attached hydrogens (primary N) is 1. The molecule has 3 aromatic rings. The molecule has 2 heterocycles. The van der Waals surface area contributed by atoms with Crippen LogP contribution in [0.5, 0.6) is 11.5 Å². The van der Waals surface area contributed by atoms with Gasteiger partial charge in [-0.05, 0) is 50.1 Å². The first-order valence-electron chi connectivity index (χ1n) is 9.87. The van der Waals surface area contributed by atoms with Crippen molar-refractivity contribution in [2.75, 3.05) is 19.5 Å². The van der Waals surface area contributed by atoms with Gasteiger partial charge in [0.2, 0.25) is 11.9 Å². The van der Waals surface area contributed by atoms with E-state index >= 15 is 0 Å². The average Bonchev–Trinajstić information content (AvgIpc) is 3.17. The number of primary amides is 1. The largest absolute Gasteiger partial charge is 0.497 e. The number of benzene rings is 2. The fraction of sp³-hybridized carbons (Fsp3) is 0.261. The molecule has 4 rings (SSSR count). The summed E-state index contributed by atoms with van der Waals surface area (Å²) in [6.45, 7) is 5.91. The number of methoxy groups -OCH3 is 2. The summed E-state index contributed by atoms with van der Waals surface area (Å²) in [5, 5.41) is 7.92. The topological polar surface area (TPSA) is 104 Å². The van der Waals surface area contributed by atoms with Crippen LogP contribution < -0.4 is 20.5 Å². The number of aromatic nitrogens is 3. The van der Waals surface area contributed by atoms with Gasteiger partial charge < -0.3 is 20.5 Å². The molecule has 1 aliphatic heterocycles. The molecule has 31 heavy (non-hydrogen) atoms. The number of carbonyl (C=O) groups excluding carboxylic acids is 1. The number of fused-ring (bicyclic) bond motifs is 1. The number of hydrogen-bond donors (Lipinski definition) is 2. The quantitative estimate of drug-likeness (QED) is 0.657. The molecule has 0 saturated heterocycles. The lowest BCUT2D eigenvalue weighted by Gasteiger charge is -2.28. The molecule has 1 atom stereocenters. The molecule has 8 heteroatoms. The molecule has 1 unspecified atom stereocenters. The SMILES string of the molecule is COc1ccc(C2C(C(N)=O)=C(C)Nc3nc(-c4ccc(C)c(C)c4)nn32)c(OC)c1. The van der Waals surface area contributed by atoms with Crippen molar-refractivity contribution in [1.29, 1.82) is 0 Å². The lowest BCUT2D eigenvalue weighted by molar-refractivity contribution is -0.115. The zero-order valence-corrected chi connectivity index (χ0v) is 18.2. The van der Waals surface area contributed by atoms with Crippen molar-refractivity contribution in [3.05, 3.63) is 64.4 Å². The normalized spacial score (nSPS) is 15.3. The molecule has 2 aromatic carbocycles. The molecule has 160 valence electrons. The van der Waals surface area contributed by atoms with E-state index in [4.69, 9.17) is 20.3 Å². The van der Waals surface area contributed by atoms with Gasteiger partial charge in [-0.15, -0.1) is 5.10 Å². The molecule has 0 spiro atoms. The third-order valence-corrected chi connectivity index (χ3v) is 5.62. The second kappa shape index (κ2) is 7.79. The fourth-order valence-electron chi connectivity index (χ4n) is 3.80. The third-order valence-electron chi connectivity index (χ3n) is 5.62. The Bertz CT molecular complexity index is 1210. The summed E-state index contributed by atoms with van der Waals surface area (Å²) in [5.74, 6) is 1.75. The first kappa shape index (κ1) is 20.5. The van der Waals surface area contributed by atoms with E-state index in [1.165, 1.54) is 5.56 Å². The highest BCUT2D eigenvalue weighted by Crippen LogP contribution is 2.40. The van der Waals surface area contributed by atoms with Gasteiger partial charge in [0.1, 0.15) is 17.5 Å². The number of ether oxygens (including phenoxy) is 2. The van der Waals surface area contributed by atoms with Crippen LogP contribution in [0.4, 0.5) is 5.95 Å². The van der Waals surface area contributed by atoms with E-state index in [-0.39, 0.29) is 0 Å². The number of allylic oxidation sites excluding steroid dienone is 1. The van der Waals surface area contributed by atoms with Crippen molar-refractivity contribution < 1.29 is 14.3 Å². The van der Waals surface area contributed by atoms with E-state index in [9.17, 15) is 4.79 Å². The van der Waals surface area contributed by atoms with Crippen molar-refractivity contribution in [3.8, 4) is 22.9 Å². The van der Waals surface area contributed by atoms with Crippen LogP contribution in [0.3, 0.4) is 0 Å². The van der Waals surface area contributed by atoms with Crippen LogP contribution in [0.25, 0.3) is 11.4 Å². The Hall–Kier alpha value is -3.81. The maximum absolute atomic E-state index is 12.4. The van der Waals surface area contributed by atoms with Crippen LogP contribution >= 0.6 is 0 Å². The Morgan fingerprint density at radius 2 is 1.84 bits per heavy atom. The minimum Gasteiger partial charge on any atom is -0.497 e. The predicted octanol–water partition coefficient (Wildman–Crippen LogP) is 3.35. The van der Waals surface area contributed by atoms with Crippen molar-refractivity contribution in [1.82, 2.24) is 14.8 Å². The minimum atomic E-state index is -0.595. The number of rotatable bonds is 5. The number of nitrogens with zero attached hydrogens (tertiary/aromatic N) is 3. The number of aryl methyl sites for hydroxylation is 2. The Kier molecular flexibility index (Phi) is 5.14. The molecule has 1 aromatic heterocycles. The van der Waals surface area contributed by atoms with E-state index in [1.807, 2.05) is 24.3 Å². The predicted molar refractivity (Wildman–Crippen MR) is 118 cm³/mol. The summed E-state index contributed by atoms with van der Waals surface area (Å²) < 4.78 is 12.6. The van der Waals surface area contributed by atoms with Crippen LogP contribution in [-0.2, 0) is 4.79 Å². The van der Waals surface area contributed by atoms with Gasteiger partial charge in [-0.3, -0.25) is 4.79 Å². The number of amides is 1. The van der Waals surface area contributed by atoms with E-state index in [2.05, 4.69) is 30.2 Å². The molecule has 0 saturated carbocycles. The van der Waals surface area contributed by atoms with Crippen LogP contribution in [0.2, 0.25) is 0 Å². The van der Waals surface area contributed by atoms with Crippen molar-refractivity contribution in [2.24, 2.45) is 5.73 Å². The summed E-state index contributed by atoms with van der Waals surface area (Å²) in [6.07, 6.45) is 0. The van der Waals surface area contributed by atoms with Gasteiger partial charge in [0.15, 0.2) is 5.82 Å². The molecule has 1 aliphatic rings. The zero-order valence-electron chi connectivity index (χ0n) is 18.2. The van der Waals surface area contributed by atoms with E-state index in [1.54, 1.807) is 31.9 Å². The highest BCUT2D eigenvalue weighted by atomic mass is 16.5. The minimum absolute atomic E-state index is 0.396. The number of nitrogens with one attached hydrogen (secondary N) is 1. The Morgan fingerprint density at radius 3 is 2.48 bits per heavy atom. The molecule has 0 fully saturated rings. The van der Waals surface area contributed by atoms with Gasteiger partial charge in [0.05, 0.1) is 19.8 Å². The van der Waals surface area contributed by atoms with E-state index in [0.717, 1.165) is 16.7 Å². The standard InChI is InChI=1S/C23H25N5O3/c1-12-6-7-15(10-13(12)2)22-26-23-25-14(3)19(21(24)29)20(28(23)27-22)17-9-8-16(30-4)11-18(17)31-5/h6-11,20H,1-5H3,(H2,24,29)(H,25,26,27). The average molecular weight is 419 g/mol. The van der Waals surface area contributed by atoms with Crippen molar-refractivity contribution >= 4 is 11.9 Å². The number of carbonyl (C=O) groups is 1. The second-order valence-corrected chi connectivity index (χ2v) is 7.54. The summed E-state index contributed by atoms with van der Waals surface area (Å²) in [5.41, 5.74) is 10.8. The lowest BCUT2D eigenvalue weighted by Crippen LogP contribution is -2.32. The zero-order chi connectivity index (χ0) is 22.3. The summed E-state index contributed by atoms with van der Waals surface area (Å²) in [6, 6.07) is 10.9. The van der Waals surface area contributed by atoms with Crippen LogP contribution in [0.15, 0.2) is 47.7 Å². The molecule has 8 nitrogen and oxygen atoms in total.